The van der Waals surface area contributed by atoms with E-state index in [2.05, 4.69) is 0 Å². The largest absolute Gasteiger partial charge is 0.504 e. The summed E-state index contributed by atoms with van der Waals surface area (Å²) in [6.45, 7) is 0. The Morgan fingerprint density at radius 2 is 1.21 bits per heavy atom. The Bertz CT molecular complexity index is 958. The van der Waals surface area contributed by atoms with Crippen LogP contribution in [0.2, 0.25) is 0 Å². The first-order valence-corrected chi connectivity index (χ1v) is 9.23. The van der Waals surface area contributed by atoms with Crippen molar-refractivity contribution in [2.75, 3.05) is 7.11 Å². The summed E-state index contributed by atoms with van der Waals surface area (Å²) in [5, 5.41) is 20.7. The average molecular weight is 372 g/mol. The zero-order valence-electron chi connectivity index (χ0n) is 15.9. The fourth-order valence-electron chi connectivity index (χ4n) is 3.06. The second-order valence-electron chi connectivity index (χ2n) is 6.46. The number of allylic oxidation sites excluding steroid dienone is 2. The number of methoxy groups -OCH3 is 1. The second-order valence-corrected chi connectivity index (χ2v) is 6.46. The standard InChI is InChI=1S/C25H24O3/c1-28-25-22(17-9-15-20-12-6-3-7-13-20)18-21(23(26)24(25)27)16-8-14-19-10-4-2-5-11-19/h2-15,18,26-27H,16-17H2,1H3/b14-8+,15-9+. The van der Waals surface area contributed by atoms with Crippen molar-refractivity contribution in [1.82, 2.24) is 0 Å². The van der Waals surface area contributed by atoms with Crippen molar-refractivity contribution in [3.05, 3.63) is 101 Å². The maximum atomic E-state index is 10.4. The predicted molar refractivity (Wildman–Crippen MR) is 115 cm³/mol. The number of benzene rings is 3. The van der Waals surface area contributed by atoms with Crippen LogP contribution in [-0.2, 0) is 12.8 Å². The molecule has 3 nitrogen and oxygen atoms in total. The van der Waals surface area contributed by atoms with E-state index >= 15 is 0 Å². The molecule has 0 aliphatic rings. The quantitative estimate of drug-likeness (QED) is 0.529. The van der Waals surface area contributed by atoms with Gasteiger partial charge in [0, 0.05) is 11.1 Å². The Kier molecular flexibility index (Phi) is 6.53. The number of hydrogen-bond acceptors (Lipinski definition) is 3. The van der Waals surface area contributed by atoms with Gasteiger partial charge in [0.05, 0.1) is 7.11 Å². The Balaban J connectivity index is 1.81. The summed E-state index contributed by atoms with van der Waals surface area (Å²) >= 11 is 0. The van der Waals surface area contributed by atoms with Gasteiger partial charge in [0.15, 0.2) is 11.5 Å². The molecule has 0 heterocycles. The lowest BCUT2D eigenvalue weighted by Crippen LogP contribution is -1.95. The molecule has 3 rings (SSSR count). The van der Waals surface area contributed by atoms with Gasteiger partial charge in [0.2, 0.25) is 5.75 Å². The Hall–Kier alpha value is -3.46. The summed E-state index contributed by atoms with van der Waals surface area (Å²) < 4.78 is 5.33. The molecule has 0 spiro atoms. The van der Waals surface area contributed by atoms with Crippen molar-refractivity contribution in [2.24, 2.45) is 0 Å². The number of rotatable bonds is 7. The molecule has 0 saturated carbocycles. The van der Waals surface area contributed by atoms with Gasteiger partial charge in [-0.1, -0.05) is 85.0 Å². The zero-order chi connectivity index (χ0) is 19.8. The van der Waals surface area contributed by atoms with Crippen molar-refractivity contribution >= 4 is 12.2 Å². The molecule has 3 aromatic carbocycles. The number of phenols is 2. The summed E-state index contributed by atoms with van der Waals surface area (Å²) in [7, 11) is 1.49. The third-order valence-corrected chi connectivity index (χ3v) is 4.48. The van der Waals surface area contributed by atoms with E-state index in [1.807, 2.05) is 91.0 Å². The summed E-state index contributed by atoms with van der Waals surface area (Å²) in [5.41, 5.74) is 3.68. The molecule has 3 heteroatoms. The molecule has 142 valence electrons. The number of phenolic OH excluding ortho intramolecular Hbond substituents is 2. The average Bonchev–Trinajstić information content (AvgIpc) is 2.73. The highest BCUT2D eigenvalue weighted by Gasteiger charge is 2.16. The lowest BCUT2D eigenvalue weighted by atomic mass is 10.0. The van der Waals surface area contributed by atoms with Crippen LogP contribution in [0.5, 0.6) is 17.2 Å². The van der Waals surface area contributed by atoms with Crippen molar-refractivity contribution in [3.63, 3.8) is 0 Å². The molecule has 0 saturated heterocycles. The van der Waals surface area contributed by atoms with Crippen LogP contribution in [0, 0.1) is 0 Å². The summed E-state index contributed by atoms with van der Waals surface area (Å²) in [6.07, 6.45) is 9.11. The normalized spacial score (nSPS) is 11.3. The lowest BCUT2D eigenvalue weighted by Gasteiger charge is -2.13. The van der Waals surface area contributed by atoms with Gasteiger partial charge in [0.25, 0.3) is 0 Å². The van der Waals surface area contributed by atoms with Crippen LogP contribution < -0.4 is 4.74 Å². The van der Waals surface area contributed by atoms with E-state index in [9.17, 15) is 10.2 Å². The molecule has 0 aliphatic heterocycles. The summed E-state index contributed by atoms with van der Waals surface area (Å²) in [6, 6.07) is 21.9. The fourth-order valence-corrected chi connectivity index (χ4v) is 3.06. The molecule has 0 aromatic heterocycles. The maximum Gasteiger partial charge on any atom is 0.201 e. The van der Waals surface area contributed by atoms with Gasteiger partial charge >= 0.3 is 0 Å². The fraction of sp³-hybridized carbons (Fsp3) is 0.120. The monoisotopic (exact) mass is 372 g/mol. The first-order valence-electron chi connectivity index (χ1n) is 9.23. The van der Waals surface area contributed by atoms with Gasteiger partial charge in [-0.15, -0.1) is 0 Å². The van der Waals surface area contributed by atoms with Crippen molar-refractivity contribution in [3.8, 4) is 17.2 Å². The van der Waals surface area contributed by atoms with E-state index in [-0.39, 0.29) is 11.5 Å². The minimum Gasteiger partial charge on any atom is -0.504 e. The SMILES string of the molecule is COc1c(C/C=C/c2ccccc2)cc(C/C=C/c2ccccc2)c(O)c1O. The minimum absolute atomic E-state index is 0.134. The van der Waals surface area contributed by atoms with E-state index in [1.165, 1.54) is 7.11 Å². The maximum absolute atomic E-state index is 10.4. The number of hydrogen-bond donors (Lipinski definition) is 2. The first-order chi connectivity index (χ1) is 13.7. The van der Waals surface area contributed by atoms with E-state index in [4.69, 9.17) is 4.74 Å². The second kappa shape index (κ2) is 9.47. The summed E-state index contributed by atoms with van der Waals surface area (Å²) in [5.74, 6) is -0.0347. The Labute approximate surface area is 165 Å². The van der Waals surface area contributed by atoms with Crippen LogP contribution in [0.4, 0.5) is 0 Å². The number of ether oxygens (including phenoxy) is 1. The molecule has 0 radical (unpaired) electrons. The Morgan fingerprint density at radius 1 is 0.714 bits per heavy atom. The third kappa shape index (κ3) is 4.83. The third-order valence-electron chi connectivity index (χ3n) is 4.48. The molecule has 0 unspecified atom stereocenters. The van der Waals surface area contributed by atoms with Gasteiger partial charge in [-0.3, -0.25) is 0 Å². The van der Waals surface area contributed by atoms with Crippen LogP contribution in [0.1, 0.15) is 22.3 Å². The molecule has 0 fully saturated rings. The number of aromatic hydroxyl groups is 2. The highest BCUT2D eigenvalue weighted by Crippen LogP contribution is 2.41. The molecule has 0 atom stereocenters. The molecule has 0 aliphatic carbocycles. The van der Waals surface area contributed by atoms with Crippen LogP contribution in [0.15, 0.2) is 78.9 Å². The van der Waals surface area contributed by atoms with Gasteiger partial charge in [-0.25, -0.2) is 0 Å². The van der Waals surface area contributed by atoms with E-state index in [1.54, 1.807) is 0 Å². The van der Waals surface area contributed by atoms with Gasteiger partial charge in [-0.05, 0) is 30.0 Å². The van der Waals surface area contributed by atoms with Crippen LogP contribution in [0.25, 0.3) is 12.2 Å². The summed E-state index contributed by atoms with van der Waals surface area (Å²) in [4.78, 5) is 0. The van der Waals surface area contributed by atoms with Crippen molar-refractivity contribution < 1.29 is 14.9 Å². The molecular formula is C25H24O3. The molecule has 0 amide bonds. The minimum atomic E-state index is -0.212. The van der Waals surface area contributed by atoms with Crippen LogP contribution in [0.3, 0.4) is 0 Å². The highest BCUT2D eigenvalue weighted by molar-refractivity contribution is 5.60. The van der Waals surface area contributed by atoms with Crippen LogP contribution >= 0.6 is 0 Å². The van der Waals surface area contributed by atoms with E-state index < -0.39 is 0 Å². The topological polar surface area (TPSA) is 49.7 Å². The molecule has 0 bridgehead atoms. The molecule has 2 N–H and O–H groups in total. The van der Waals surface area contributed by atoms with Crippen LogP contribution in [-0.4, -0.2) is 17.3 Å². The smallest absolute Gasteiger partial charge is 0.201 e. The van der Waals surface area contributed by atoms with Gasteiger partial charge < -0.3 is 14.9 Å². The molecule has 3 aromatic rings. The Morgan fingerprint density at radius 3 is 1.71 bits per heavy atom. The lowest BCUT2D eigenvalue weighted by molar-refractivity contribution is 0.346. The van der Waals surface area contributed by atoms with E-state index in [0.717, 1.165) is 16.7 Å². The van der Waals surface area contributed by atoms with Crippen molar-refractivity contribution in [2.45, 2.75) is 12.8 Å². The predicted octanol–water partition coefficient (Wildman–Crippen LogP) is 5.62. The molecule has 28 heavy (non-hydrogen) atoms. The van der Waals surface area contributed by atoms with Crippen molar-refractivity contribution in [1.29, 1.82) is 0 Å². The molecular weight excluding hydrogens is 348 g/mol. The van der Waals surface area contributed by atoms with Gasteiger partial charge in [-0.2, -0.15) is 0 Å². The van der Waals surface area contributed by atoms with Gasteiger partial charge in [0.1, 0.15) is 0 Å². The van der Waals surface area contributed by atoms with E-state index in [0.29, 0.717) is 24.2 Å². The first kappa shape index (κ1) is 19.3. The highest BCUT2D eigenvalue weighted by atomic mass is 16.5. The zero-order valence-corrected chi connectivity index (χ0v) is 15.9.